The topological polar surface area (TPSA) is 48.3 Å². The van der Waals surface area contributed by atoms with Crippen LogP contribution in [0.15, 0.2) is 6.20 Å². The number of rotatable bonds is 9. The van der Waals surface area contributed by atoms with Gasteiger partial charge in [-0.3, -0.25) is 4.68 Å². The van der Waals surface area contributed by atoms with Crippen molar-refractivity contribution in [2.24, 2.45) is 0 Å². The third kappa shape index (κ3) is 5.30. The number of nitrogens with one attached hydrogen (secondary N) is 1. The summed E-state index contributed by atoms with van der Waals surface area (Å²) < 4.78 is 12.4. The van der Waals surface area contributed by atoms with Gasteiger partial charge in [0.05, 0.1) is 18.8 Å². The van der Waals surface area contributed by atoms with E-state index in [1.165, 1.54) is 5.56 Å². The van der Waals surface area contributed by atoms with E-state index in [1.807, 2.05) is 18.7 Å². The van der Waals surface area contributed by atoms with Gasteiger partial charge in [-0.15, -0.1) is 0 Å². The fourth-order valence-corrected chi connectivity index (χ4v) is 1.60. The molecular weight excluding hydrogens is 218 g/mol. The normalized spacial score (nSPS) is 11.0. The van der Waals surface area contributed by atoms with E-state index >= 15 is 0 Å². The third-order valence-electron chi connectivity index (χ3n) is 2.52. The Morgan fingerprint density at radius 1 is 1.35 bits per heavy atom. The smallest absolute Gasteiger partial charge is 0.0662 e. The molecule has 1 aromatic rings. The summed E-state index contributed by atoms with van der Waals surface area (Å²) >= 11 is 0. The van der Waals surface area contributed by atoms with Crippen molar-refractivity contribution in [3.8, 4) is 0 Å². The van der Waals surface area contributed by atoms with E-state index < -0.39 is 0 Å². The van der Waals surface area contributed by atoms with E-state index in [9.17, 15) is 0 Å². The standard InChI is InChI=1S/C12H23N3O2/c1-11-12(9-13-2)10-15(14-11)5-8-17-7-4-6-16-3/h10,13H,4-9H2,1-3H3. The summed E-state index contributed by atoms with van der Waals surface area (Å²) in [5, 5.41) is 7.57. The predicted octanol–water partition coefficient (Wildman–Crippen LogP) is 0.964. The van der Waals surface area contributed by atoms with E-state index in [-0.39, 0.29) is 0 Å². The first-order valence-electron chi connectivity index (χ1n) is 6.02. The molecule has 1 rings (SSSR count). The van der Waals surface area contributed by atoms with Gasteiger partial charge < -0.3 is 14.8 Å². The van der Waals surface area contributed by atoms with Crippen molar-refractivity contribution in [1.29, 1.82) is 0 Å². The predicted molar refractivity (Wildman–Crippen MR) is 67.0 cm³/mol. The van der Waals surface area contributed by atoms with Gasteiger partial charge in [-0.25, -0.2) is 0 Å². The molecule has 98 valence electrons. The van der Waals surface area contributed by atoms with Gasteiger partial charge in [0.1, 0.15) is 0 Å². The van der Waals surface area contributed by atoms with Gasteiger partial charge in [-0.2, -0.15) is 5.10 Å². The summed E-state index contributed by atoms with van der Waals surface area (Å²) in [7, 11) is 3.64. The molecule has 0 unspecified atom stereocenters. The SMILES string of the molecule is CNCc1cn(CCOCCCOC)nc1C. The zero-order valence-corrected chi connectivity index (χ0v) is 11.0. The highest BCUT2D eigenvalue weighted by molar-refractivity contribution is 5.14. The molecule has 1 aromatic heterocycles. The van der Waals surface area contributed by atoms with Crippen molar-refractivity contribution in [1.82, 2.24) is 15.1 Å². The van der Waals surface area contributed by atoms with Crippen molar-refractivity contribution in [3.05, 3.63) is 17.5 Å². The summed E-state index contributed by atoms with van der Waals surface area (Å²) in [6, 6.07) is 0. The number of hydrogen-bond donors (Lipinski definition) is 1. The van der Waals surface area contributed by atoms with Crippen LogP contribution in [-0.4, -0.2) is 43.8 Å². The molecule has 0 amide bonds. The van der Waals surface area contributed by atoms with Crippen LogP contribution in [0, 0.1) is 6.92 Å². The molecule has 5 heteroatoms. The minimum atomic E-state index is 0.698. The maximum atomic E-state index is 5.49. The van der Waals surface area contributed by atoms with Gasteiger partial charge in [-0.05, 0) is 20.4 Å². The van der Waals surface area contributed by atoms with Crippen molar-refractivity contribution < 1.29 is 9.47 Å². The largest absolute Gasteiger partial charge is 0.385 e. The monoisotopic (exact) mass is 241 g/mol. The molecule has 0 fully saturated rings. The molecule has 0 spiro atoms. The molecule has 5 nitrogen and oxygen atoms in total. The van der Waals surface area contributed by atoms with Gasteiger partial charge in [0.2, 0.25) is 0 Å². The fraction of sp³-hybridized carbons (Fsp3) is 0.750. The van der Waals surface area contributed by atoms with Gasteiger partial charge in [0.25, 0.3) is 0 Å². The lowest BCUT2D eigenvalue weighted by atomic mass is 10.3. The van der Waals surface area contributed by atoms with Crippen molar-refractivity contribution >= 4 is 0 Å². The third-order valence-corrected chi connectivity index (χ3v) is 2.52. The van der Waals surface area contributed by atoms with Crippen LogP contribution in [0.4, 0.5) is 0 Å². The number of methoxy groups -OCH3 is 1. The first-order chi connectivity index (χ1) is 8.27. The highest BCUT2D eigenvalue weighted by Crippen LogP contribution is 2.04. The van der Waals surface area contributed by atoms with Crippen molar-refractivity contribution in [3.63, 3.8) is 0 Å². The maximum Gasteiger partial charge on any atom is 0.0662 e. The lowest BCUT2D eigenvalue weighted by Crippen LogP contribution is -2.08. The lowest BCUT2D eigenvalue weighted by Gasteiger charge is -2.03. The lowest BCUT2D eigenvalue weighted by molar-refractivity contribution is 0.0961. The van der Waals surface area contributed by atoms with E-state index in [4.69, 9.17) is 9.47 Å². The second-order valence-corrected chi connectivity index (χ2v) is 3.99. The molecule has 0 radical (unpaired) electrons. The molecule has 17 heavy (non-hydrogen) atoms. The van der Waals surface area contributed by atoms with Crippen molar-refractivity contribution in [2.45, 2.75) is 26.4 Å². The van der Waals surface area contributed by atoms with Crippen LogP contribution in [0.5, 0.6) is 0 Å². The van der Waals surface area contributed by atoms with Crippen LogP contribution < -0.4 is 5.32 Å². The number of aryl methyl sites for hydroxylation is 1. The average Bonchev–Trinajstić information content (AvgIpc) is 2.65. The quantitative estimate of drug-likeness (QED) is 0.654. The Labute approximate surface area is 103 Å². The number of aromatic nitrogens is 2. The van der Waals surface area contributed by atoms with E-state index in [1.54, 1.807) is 7.11 Å². The number of ether oxygens (including phenoxy) is 2. The van der Waals surface area contributed by atoms with E-state index in [0.29, 0.717) is 6.61 Å². The Morgan fingerprint density at radius 3 is 2.88 bits per heavy atom. The molecule has 0 saturated heterocycles. The first kappa shape index (κ1) is 14.2. The number of hydrogen-bond acceptors (Lipinski definition) is 4. The van der Waals surface area contributed by atoms with Crippen LogP contribution in [0.25, 0.3) is 0 Å². The molecule has 0 aliphatic rings. The molecule has 0 saturated carbocycles. The molecule has 0 atom stereocenters. The Hall–Kier alpha value is -0.910. The van der Waals surface area contributed by atoms with Crippen molar-refractivity contribution in [2.75, 3.05) is 34.0 Å². The summed E-state index contributed by atoms with van der Waals surface area (Å²) in [6.45, 7) is 5.90. The first-order valence-corrected chi connectivity index (χ1v) is 6.02. The number of nitrogens with zero attached hydrogens (tertiary/aromatic N) is 2. The molecule has 0 aliphatic carbocycles. The van der Waals surface area contributed by atoms with Crippen LogP contribution in [0.3, 0.4) is 0 Å². The Morgan fingerprint density at radius 2 is 2.18 bits per heavy atom. The van der Waals surface area contributed by atoms with E-state index in [2.05, 4.69) is 16.6 Å². The Kier molecular flexibility index (Phi) is 6.84. The van der Waals surface area contributed by atoms with Crippen LogP contribution in [0.2, 0.25) is 0 Å². The molecule has 0 bridgehead atoms. The van der Waals surface area contributed by atoms with Crippen LogP contribution in [-0.2, 0) is 22.6 Å². The molecule has 0 aromatic carbocycles. The molecule has 1 heterocycles. The second-order valence-electron chi connectivity index (χ2n) is 3.99. The Bertz CT molecular complexity index is 313. The zero-order chi connectivity index (χ0) is 12.5. The molecular formula is C12H23N3O2. The summed E-state index contributed by atoms with van der Waals surface area (Å²) in [5.74, 6) is 0. The second kappa shape index (κ2) is 8.22. The average molecular weight is 241 g/mol. The highest BCUT2D eigenvalue weighted by atomic mass is 16.5. The summed E-state index contributed by atoms with van der Waals surface area (Å²) in [6.07, 6.45) is 3.02. The molecule has 0 aliphatic heterocycles. The van der Waals surface area contributed by atoms with Gasteiger partial charge in [0, 0.05) is 38.6 Å². The summed E-state index contributed by atoms with van der Waals surface area (Å²) in [4.78, 5) is 0. The highest BCUT2D eigenvalue weighted by Gasteiger charge is 2.03. The van der Waals surface area contributed by atoms with Gasteiger partial charge >= 0.3 is 0 Å². The molecule has 1 N–H and O–H groups in total. The zero-order valence-electron chi connectivity index (χ0n) is 11.0. The fourth-order valence-electron chi connectivity index (χ4n) is 1.60. The van der Waals surface area contributed by atoms with E-state index in [0.717, 1.165) is 38.4 Å². The van der Waals surface area contributed by atoms with Gasteiger partial charge in [-0.1, -0.05) is 0 Å². The minimum absolute atomic E-state index is 0.698. The summed E-state index contributed by atoms with van der Waals surface area (Å²) in [5.41, 5.74) is 2.32. The maximum absolute atomic E-state index is 5.49. The Balaban J connectivity index is 2.20. The van der Waals surface area contributed by atoms with Crippen LogP contribution >= 0.6 is 0 Å². The van der Waals surface area contributed by atoms with Crippen LogP contribution in [0.1, 0.15) is 17.7 Å². The van der Waals surface area contributed by atoms with Gasteiger partial charge in [0.15, 0.2) is 0 Å². The minimum Gasteiger partial charge on any atom is -0.385 e.